The van der Waals surface area contributed by atoms with Gasteiger partial charge >= 0.3 is 0 Å². The Hall–Kier alpha value is -1.50. The zero-order valence-electron chi connectivity index (χ0n) is 10.8. The third-order valence-electron chi connectivity index (χ3n) is 2.52. The smallest absolute Gasteiger partial charge is 0.273 e. The van der Waals surface area contributed by atoms with Crippen molar-refractivity contribution in [1.82, 2.24) is 5.32 Å². The summed E-state index contributed by atoms with van der Waals surface area (Å²) in [5.41, 5.74) is 1.67. The molecule has 0 heterocycles. The predicted octanol–water partition coefficient (Wildman–Crippen LogP) is 1.63. The number of hydrogen-bond donors (Lipinski definition) is 0. The van der Waals surface area contributed by atoms with Gasteiger partial charge in [0.2, 0.25) is 0 Å². The van der Waals surface area contributed by atoms with Crippen LogP contribution in [0.3, 0.4) is 0 Å². The Morgan fingerprint density at radius 2 is 2.06 bits per heavy atom. The first-order chi connectivity index (χ1) is 8.58. The molecule has 0 amide bonds. The van der Waals surface area contributed by atoms with Crippen molar-refractivity contribution in [1.29, 1.82) is 0 Å². The lowest BCUT2D eigenvalue weighted by Gasteiger charge is -2.12. The monoisotopic (exact) mass is 253 g/mol. The zero-order valence-corrected chi connectivity index (χ0v) is 10.8. The SMILES string of the molecule is COC(C[N]Cc1cc(C)ccc1[N+](=O)[O-])OC. The second-order valence-corrected chi connectivity index (χ2v) is 3.85. The van der Waals surface area contributed by atoms with Crippen molar-refractivity contribution in [3.05, 3.63) is 39.4 Å². The second-order valence-electron chi connectivity index (χ2n) is 3.85. The van der Waals surface area contributed by atoms with E-state index in [0.29, 0.717) is 12.1 Å². The summed E-state index contributed by atoms with van der Waals surface area (Å²) in [6.07, 6.45) is -0.408. The topological polar surface area (TPSA) is 75.7 Å². The molecular weight excluding hydrogens is 236 g/mol. The number of benzene rings is 1. The molecule has 0 saturated heterocycles. The van der Waals surface area contributed by atoms with Crippen LogP contribution in [0.2, 0.25) is 0 Å². The number of rotatable bonds is 7. The lowest BCUT2D eigenvalue weighted by atomic mass is 10.1. The summed E-state index contributed by atoms with van der Waals surface area (Å²) in [6.45, 7) is 2.51. The van der Waals surface area contributed by atoms with Gasteiger partial charge in [0, 0.05) is 32.4 Å². The summed E-state index contributed by atoms with van der Waals surface area (Å²) in [4.78, 5) is 10.5. The van der Waals surface area contributed by atoms with Gasteiger partial charge in [-0.3, -0.25) is 10.1 Å². The molecule has 0 N–H and O–H groups in total. The quantitative estimate of drug-likeness (QED) is 0.420. The maximum absolute atomic E-state index is 10.9. The fourth-order valence-corrected chi connectivity index (χ4v) is 1.55. The van der Waals surface area contributed by atoms with Gasteiger partial charge in [-0.1, -0.05) is 11.6 Å². The summed E-state index contributed by atoms with van der Waals surface area (Å²) in [6, 6.07) is 5.00. The maximum Gasteiger partial charge on any atom is 0.273 e. The van der Waals surface area contributed by atoms with Crippen molar-refractivity contribution in [3.63, 3.8) is 0 Å². The van der Waals surface area contributed by atoms with Crippen LogP contribution < -0.4 is 5.32 Å². The van der Waals surface area contributed by atoms with Gasteiger partial charge in [0.1, 0.15) is 0 Å². The Balaban J connectivity index is 2.66. The largest absolute Gasteiger partial charge is 0.354 e. The van der Waals surface area contributed by atoms with Crippen molar-refractivity contribution < 1.29 is 14.4 Å². The molecule has 0 aliphatic rings. The number of methoxy groups -OCH3 is 2. The van der Waals surface area contributed by atoms with Gasteiger partial charge in [0.25, 0.3) is 5.69 Å². The summed E-state index contributed by atoms with van der Waals surface area (Å²) >= 11 is 0. The number of ether oxygens (including phenoxy) is 2. The van der Waals surface area contributed by atoms with Crippen molar-refractivity contribution in [2.45, 2.75) is 19.8 Å². The minimum Gasteiger partial charge on any atom is -0.354 e. The van der Waals surface area contributed by atoms with Crippen molar-refractivity contribution in [2.75, 3.05) is 20.8 Å². The summed E-state index contributed by atoms with van der Waals surface area (Å²) < 4.78 is 9.98. The standard InChI is InChI=1S/C12H17N2O4/c1-9-4-5-11(14(15)16)10(6-9)7-13-8-12(17-2)18-3/h4-6,12H,7-8H2,1-3H3. The van der Waals surface area contributed by atoms with Crippen LogP contribution in [0.1, 0.15) is 11.1 Å². The number of nitro groups is 1. The predicted molar refractivity (Wildman–Crippen MR) is 66.3 cm³/mol. The van der Waals surface area contributed by atoms with E-state index in [1.165, 1.54) is 20.3 Å². The van der Waals surface area contributed by atoms with E-state index in [1.54, 1.807) is 12.1 Å². The normalized spacial score (nSPS) is 10.9. The minimum atomic E-state index is -0.408. The fourth-order valence-electron chi connectivity index (χ4n) is 1.55. The van der Waals surface area contributed by atoms with Crippen molar-refractivity contribution >= 4 is 5.69 Å². The molecule has 1 radical (unpaired) electrons. The van der Waals surface area contributed by atoms with Crippen LogP contribution in [-0.4, -0.2) is 32.0 Å². The number of aryl methyl sites for hydroxylation is 1. The summed E-state index contributed by atoms with van der Waals surface area (Å²) in [5, 5.41) is 15.1. The van der Waals surface area contributed by atoms with E-state index in [0.717, 1.165) is 5.56 Å². The van der Waals surface area contributed by atoms with Gasteiger partial charge in [-0.15, -0.1) is 0 Å². The second kappa shape index (κ2) is 7.05. The molecule has 0 saturated carbocycles. The molecule has 0 spiro atoms. The molecule has 6 heteroatoms. The van der Waals surface area contributed by atoms with Gasteiger partial charge in [-0.05, 0) is 13.0 Å². The van der Waals surface area contributed by atoms with Crippen LogP contribution in [0, 0.1) is 17.0 Å². The van der Waals surface area contributed by atoms with Crippen LogP contribution in [0.4, 0.5) is 5.69 Å². The first kappa shape index (κ1) is 14.6. The number of nitrogens with zero attached hydrogens (tertiary/aromatic N) is 2. The fraction of sp³-hybridized carbons (Fsp3) is 0.500. The van der Waals surface area contributed by atoms with Gasteiger partial charge in [-0.25, -0.2) is 5.32 Å². The van der Waals surface area contributed by atoms with Crippen molar-refractivity contribution in [3.8, 4) is 0 Å². The molecule has 0 aromatic heterocycles. The lowest BCUT2D eigenvalue weighted by Crippen LogP contribution is -2.25. The molecule has 99 valence electrons. The highest BCUT2D eigenvalue weighted by Crippen LogP contribution is 2.19. The van der Waals surface area contributed by atoms with Crippen LogP contribution in [0.5, 0.6) is 0 Å². The van der Waals surface area contributed by atoms with Gasteiger partial charge in [-0.2, -0.15) is 0 Å². The molecule has 0 atom stereocenters. The average Bonchev–Trinajstić information content (AvgIpc) is 2.34. The highest BCUT2D eigenvalue weighted by atomic mass is 16.7. The van der Waals surface area contributed by atoms with Crippen molar-refractivity contribution in [2.24, 2.45) is 0 Å². The molecule has 0 aliphatic heterocycles. The van der Waals surface area contributed by atoms with Crippen LogP contribution >= 0.6 is 0 Å². The molecule has 18 heavy (non-hydrogen) atoms. The Kier molecular flexibility index (Phi) is 5.70. The minimum absolute atomic E-state index is 0.0933. The lowest BCUT2D eigenvalue weighted by molar-refractivity contribution is -0.385. The third-order valence-corrected chi connectivity index (χ3v) is 2.52. The van der Waals surface area contributed by atoms with Crippen LogP contribution in [0.25, 0.3) is 0 Å². The molecule has 1 aromatic carbocycles. The van der Waals surface area contributed by atoms with Gasteiger partial charge < -0.3 is 9.47 Å². The molecule has 1 aromatic rings. The van der Waals surface area contributed by atoms with Crippen LogP contribution in [-0.2, 0) is 16.0 Å². The van der Waals surface area contributed by atoms with Crippen LogP contribution in [0.15, 0.2) is 18.2 Å². The number of hydrogen-bond acceptors (Lipinski definition) is 4. The third kappa shape index (κ3) is 4.06. The van der Waals surface area contributed by atoms with E-state index < -0.39 is 11.2 Å². The van der Waals surface area contributed by atoms with E-state index >= 15 is 0 Å². The Morgan fingerprint density at radius 1 is 1.39 bits per heavy atom. The van der Waals surface area contributed by atoms with E-state index in [-0.39, 0.29) is 12.2 Å². The highest BCUT2D eigenvalue weighted by Gasteiger charge is 2.14. The van der Waals surface area contributed by atoms with Gasteiger partial charge in [0.05, 0.1) is 11.5 Å². The van der Waals surface area contributed by atoms with Gasteiger partial charge in [0.15, 0.2) is 6.29 Å². The maximum atomic E-state index is 10.9. The van der Waals surface area contributed by atoms with E-state index in [2.05, 4.69) is 5.32 Å². The Bertz CT molecular complexity index is 405. The molecule has 0 aliphatic carbocycles. The molecule has 6 nitrogen and oxygen atoms in total. The summed E-state index contributed by atoms with van der Waals surface area (Å²) in [5.74, 6) is 0. The Labute approximate surface area is 106 Å². The first-order valence-corrected chi connectivity index (χ1v) is 5.51. The molecule has 0 fully saturated rings. The van der Waals surface area contributed by atoms with E-state index in [4.69, 9.17) is 9.47 Å². The highest BCUT2D eigenvalue weighted by molar-refractivity contribution is 5.42. The van der Waals surface area contributed by atoms with E-state index in [1.807, 2.05) is 6.92 Å². The molecular formula is C12H17N2O4. The zero-order chi connectivity index (χ0) is 13.5. The molecule has 1 rings (SSSR count). The first-order valence-electron chi connectivity index (χ1n) is 5.51. The average molecular weight is 253 g/mol. The molecule has 0 unspecified atom stereocenters. The van der Waals surface area contributed by atoms with E-state index in [9.17, 15) is 10.1 Å². The summed E-state index contributed by atoms with van der Waals surface area (Å²) in [7, 11) is 3.05. The number of nitro benzene ring substituents is 1. The molecule has 0 bridgehead atoms. The Morgan fingerprint density at radius 3 is 2.61 bits per heavy atom.